The molecule has 0 saturated carbocycles. The minimum Gasteiger partial charge on any atom is -0.508 e. The zero-order valence-electron chi connectivity index (χ0n) is 16.1. The molecule has 1 aliphatic rings. The number of nitrogen functional groups attached to an aromatic ring is 1. The van der Waals surface area contributed by atoms with Crippen LogP contribution in [0.1, 0.15) is 50.7 Å². The quantitative estimate of drug-likeness (QED) is 0.652. The molecule has 0 saturated heterocycles. The van der Waals surface area contributed by atoms with Crippen LogP contribution in [0.5, 0.6) is 0 Å². The van der Waals surface area contributed by atoms with Crippen molar-refractivity contribution in [2.45, 2.75) is 40.2 Å². The number of aromatic nitrogens is 3. The maximum absolute atomic E-state index is 12.1. The van der Waals surface area contributed by atoms with Gasteiger partial charge in [-0.15, -0.1) is 0 Å². The maximum Gasteiger partial charge on any atom is 0.254 e. The number of amides is 1. The molecule has 3 rings (SSSR count). The third kappa shape index (κ3) is 2.86. The Kier molecular flexibility index (Phi) is 4.26. The number of anilines is 1. The average molecular weight is 371 g/mol. The van der Waals surface area contributed by atoms with Crippen LogP contribution in [0.3, 0.4) is 0 Å². The molecule has 2 aromatic rings. The smallest absolute Gasteiger partial charge is 0.254 e. The van der Waals surface area contributed by atoms with Crippen molar-refractivity contribution in [1.29, 1.82) is 0 Å². The number of nitrogens with two attached hydrogens (primary N) is 2. The van der Waals surface area contributed by atoms with Crippen molar-refractivity contribution in [3.63, 3.8) is 0 Å². The Morgan fingerprint density at radius 1 is 1.33 bits per heavy atom. The highest BCUT2D eigenvalue weighted by Gasteiger charge is 2.32. The van der Waals surface area contributed by atoms with Crippen molar-refractivity contribution in [1.82, 2.24) is 14.5 Å². The van der Waals surface area contributed by atoms with Crippen molar-refractivity contribution < 1.29 is 15.0 Å². The van der Waals surface area contributed by atoms with Crippen LogP contribution in [0.25, 0.3) is 16.9 Å². The zero-order valence-corrected chi connectivity index (χ0v) is 16.1. The van der Waals surface area contributed by atoms with Gasteiger partial charge in [-0.3, -0.25) is 9.36 Å². The summed E-state index contributed by atoms with van der Waals surface area (Å²) in [7, 11) is 0. The predicted molar refractivity (Wildman–Crippen MR) is 104 cm³/mol. The first-order valence-electron chi connectivity index (χ1n) is 8.77. The SMILES string of the molecule is CC1=C(n2c(N)c(C(N)=O)c3nc(C(C)(C)O)cnc32)C(C)C(C)C=C1O. The molecular formula is C19H25N5O3. The average Bonchev–Trinajstić information content (AvgIpc) is 2.84. The van der Waals surface area contributed by atoms with Gasteiger partial charge in [-0.25, -0.2) is 9.97 Å². The van der Waals surface area contributed by atoms with Crippen molar-refractivity contribution in [3.8, 4) is 0 Å². The number of allylic oxidation sites excluding steroid dienone is 3. The molecule has 6 N–H and O–H groups in total. The number of aliphatic hydroxyl groups excluding tert-OH is 1. The number of nitrogens with zero attached hydrogens (tertiary/aromatic N) is 3. The summed E-state index contributed by atoms with van der Waals surface area (Å²) in [5, 5.41) is 20.6. The summed E-state index contributed by atoms with van der Waals surface area (Å²) in [6.45, 7) is 8.95. The van der Waals surface area contributed by atoms with Crippen LogP contribution in [0, 0.1) is 11.8 Å². The van der Waals surface area contributed by atoms with Gasteiger partial charge in [0.1, 0.15) is 28.3 Å². The number of rotatable bonds is 3. The summed E-state index contributed by atoms with van der Waals surface area (Å²) in [5.41, 5.74) is 13.0. The van der Waals surface area contributed by atoms with Crippen LogP contribution in [0.2, 0.25) is 0 Å². The minimum absolute atomic E-state index is 0.00952. The molecule has 144 valence electrons. The number of hydrogen-bond acceptors (Lipinski definition) is 6. The third-order valence-corrected chi connectivity index (χ3v) is 5.22. The van der Waals surface area contributed by atoms with E-state index in [4.69, 9.17) is 11.5 Å². The molecule has 2 heterocycles. The summed E-state index contributed by atoms with van der Waals surface area (Å²) in [6, 6.07) is 0. The van der Waals surface area contributed by atoms with Gasteiger partial charge in [0.15, 0.2) is 5.65 Å². The molecule has 1 aliphatic carbocycles. The fourth-order valence-corrected chi connectivity index (χ4v) is 3.45. The highest BCUT2D eigenvalue weighted by atomic mass is 16.3. The highest BCUT2D eigenvalue weighted by Crippen LogP contribution is 2.40. The molecule has 0 bridgehead atoms. The van der Waals surface area contributed by atoms with Gasteiger partial charge in [0, 0.05) is 17.2 Å². The Balaban J connectivity index is 2.42. The molecule has 0 aliphatic heterocycles. The second kappa shape index (κ2) is 6.09. The zero-order chi connectivity index (χ0) is 20.3. The Hall–Kier alpha value is -2.87. The number of carbonyl (C=O) groups excluding carboxylic acids is 1. The van der Waals surface area contributed by atoms with Crippen molar-refractivity contribution >= 4 is 28.6 Å². The molecule has 1 amide bonds. The monoisotopic (exact) mass is 371 g/mol. The van der Waals surface area contributed by atoms with Gasteiger partial charge < -0.3 is 21.7 Å². The fourth-order valence-electron chi connectivity index (χ4n) is 3.45. The summed E-state index contributed by atoms with van der Waals surface area (Å²) >= 11 is 0. The van der Waals surface area contributed by atoms with Gasteiger partial charge in [-0.1, -0.05) is 13.8 Å². The van der Waals surface area contributed by atoms with Gasteiger partial charge in [-0.05, 0) is 32.8 Å². The number of carbonyl (C=O) groups is 1. The molecule has 2 atom stereocenters. The number of hydrogen-bond donors (Lipinski definition) is 4. The first kappa shape index (κ1) is 18.9. The summed E-state index contributed by atoms with van der Waals surface area (Å²) in [4.78, 5) is 20.9. The minimum atomic E-state index is -1.24. The van der Waals surface area contributed by atoms with Gasteiger partial charge in [0.25, 0.3) is 5.91 Å². The van der Waals surface area contributed by atoms with E-state index in [1.165, 1.54) is 6.20 Å². The number of aliphatic hydroxyl groups is 2. The largest absolute Gasteiger partial charge is 0.508 e. The van der Waals surface area contributed by atoms with Crippen molar-refractivity contribution in [2.75, 3.05) is 5.73 Å². The van der Waals surface area contributed by atoms with Gasteiger partial charge in [0.2, 0.25) is 0 Å². The summed E-state index contributed by atoms with van der Waals surface area (Å²) in [6.07, 6.45) is 3.24. The summed E-state index contributed by atoms with van der Waals surface area (Å²) in [5.74, 6) is -0.378. The molecule has 8 nitrogen and oxygen atoms in total. The Labute approximate surface area is 157 Å². The van der Waals surface area contributed by atoms with E-state index in [0.29, 0.717) is 16.9 Å². The molecular weight excluding hydrogens is 346 g/mol. The first-order chi connectivity index (χ1) is 12.4. The van der Waals surface area contributed by atoms with Crippen LogP contribution in [0.15, 0.2) is 23.6 Å². The van der Waals surface area contributed by atoms with Gasteiger partial charge >= 0.3 is 0 Å². The molecule has 0 spiro atoms. The third-order valence-electron chi connectivity index (χ3n) is 5.22. The van der Waals surface area contributed by atoms with Gasteiger partial charge in [-0.2, -0.15) is 0 Å². The number of fused-ring (bicyclic) bond motifs is 1. The van der Waals surface area contributed by atoms with Crippen LogP contribution in [-0.2, 0) is 5.60 Å². The Morgan fingerprint density at radius 3 is 2.52 bits per heavy atom. The predicted octanol–water partition coefficient (Wildman–Crippen LogP) is 2.30. The Bertz CT molecular complexity index is 1010. The van der Waals surface area contributed by atoms with Crippen LogP contribution >= 0.6 is 0 Å². The second-order valence-electron chi connectivity index (χ2n) is 7.66. The van der Waals surface area contributed by atoms with E-state index in [1.54, 1.807) is 31.4 Å². The normalized spacial score (nSPS) is 20.9. The van der Waals surface area contributed by atoms with Crippen LogP contribution < -0.4 is 11.5 Å². The maximum atomic E-state index is 12.1. The molecule has 2 aromatic heterocycles. The molecule has 0 fully saturated rings. The van der Waals surface area contributed by atoms with E-state index in [9.17, 15) is 15.0 Å². The molecule has 27 heavy (non-hydrogen) atoms. The molecule has 0 aromatic carbocycles. The molecule has 2 unspecified atom stereocenters. The second-order valence-corrected chi connectivity index (χ2v) is 7.66. The highest BCUT2D eigenvalue weighted by molar-refractivity contribution is 6.10. The lowest BCUT2D eigenvalue weighted by Crippen LogP contribution is -2.21. The number of primary amides is 1. The van der Waals surface area contributed by atoms with Crippen molar-refractivity contribution in [2.24, 2.45) is 17.6 Å². The topological polar surface area (TPSA) is 140 Å². The van der Waals surface area contributed by atoms with Crippen LogP contribution in [-0.4, -0.2) is 30.7 Å². The Morgan fingerprint density at radius 2 is 1.96 bits per heavy atom. The van der Waals surface area contributed by atoms with E-state index < -0.39 is 11.5 Å². The van der Waals surface area contributed by atoms with E-state index in [2.05, 4.69) is 9.97 Å². The summed E-state index contributed by atoms with van der Waals surface area (Å²) < 4.78 is 1.64. The van der Waals surface area contributed by atoms with E-state index >= 15 is 0 Å². The standard InChI is InChI=1S/C19H25N5O3/c1-8-6-11(25)10(3)15(9(8)2)24-16(20)13(17(21)26)14-18(24)22-7-12(23-14)19(4,5)27/h6-9,25,27H,20H2,1-5H3,(H2,21,26). The lowest BCUT2D eigenvalue weighted by atomic mass is 9.84. The molecule has 0 radical (unpaired) electrons. The van der Waals surface area contributed by atoms with E-state index in [-0.39, 0.29) is 34.5 Å². The van der Waals surface area contributed by atoms with Crippen LogP contribution in [0.4, 0.5) is 5.82 Å². The van der Waals surface area contributed by atoms with Crippen molar-refractivity contribution in [3.05, 3.63) is 34.9 Å². The van der Waals surface area contributed by atoms with Gasteiger partial charge in [0.05, 0.1) is 11.9 Å². The van der Waals surface area contributed by atoms with E-state index in [0.717, 1.165) is 5.70 Å². The molecule has 8 heteroatoms. The first-order valence-corrected chi connectivity index (χ1v) is 8.77. The lowest BCUT2D eigenvalue weighted by molar-refractivity contribution is 0.0737. The fraction of sp³-hybridized carbons (Fsp3) is 0.421. The lowest BCUT2D eigenvalue weighted by Gasteiger charge is -2.29. The van der Waals surface area contributed by atoms with E-state index in [1.807, 2.05) is 13.8 Å².